The monoisotopic (exact) mass is 273 g/mol. The fraction of sp³-hybridized carbons (Fsp3) is 0.556. The molecule has 2 nitrogen and oxygen atoms in total. The second-order valence-electron chi connectivity index (χ2n) is 5.92. The van der Waals surface area contributed by atoms with Gasteiger partial charge in [0.05, 0.1) is 0 Å². The first-order chi connectivity index (χ1) is 9.72. The van der Waals surface area contributed by atoms with Gasteiger partial charge in [-0.05, 0) is 24.9 Å². The molecule has 2 aromatic rings. The summed E-state index contributed by atoms with van der Waals surface area (Å²) < 4.78 is 5.92. The molecule has 0 unspecified atom stereocenters. The summed E-state index contributed by atoms with van der Waals surface area (Å²) in [4.78, 5) is 0. The van der Waals surface area contributed by atoms with Crippen LogP contribution in [0.4, 0.5) is 0 Å². The van der Waals surface area contributed by atoms with E-state index in [9.17, 15) is 0 Å². The van der Waals surface area contributed by atoms with Gasteiger partial charge in [0.25, 0.3) is 0 Å². The summed E-state index contributed by atoms with van der Waals surface area (Å²) in [5.41, 5.74) is 2.35. The number of unbranched alkanes of at least 4 members (excludes halogenated alkanes) is 1. The van der Waals surface area contributed by atoms with Crippen molar-refractivity contribution in [3.05, 3.63) is 35.6 Å². The zero-order valence-electron chi connectivity index (χ0n) is 13.0. The Morgan fingerprint density at radius 3 is 2.70 bits per heavy atom. The SMILES string of the molecule is CCc1oc2ccccc2c1CNCCCCC(C)C. The number of para-hydroxylation sites is 1. The Hall–Kier alpha value is -1.28. The van der Waals surface area contributed by atoms with E-state index in [1.54, 1.807) is 0 Å². The third kappa shape index (κ3) is 3.86. The van der Waals surface area contributed by atoms with E-state index in [1.165, 1.54) is 30.2 Å². The zero-order valence-corrected chi connectivity index (χ0v) is 13.0. The van der Waals surface area contributed by atoms with Gasteiger partial charge in [0.2, 0.25) is 0 Å². The van der Waals surface area contributed by atoms with E-state index in [1.807, 2.05) is 6.07 Å². The van der Waals surface area contributed by atoms with Crippen LogP contribution < -0.4 is 5.32 Å². The molecule has 1 heterocycles. The van der Waals surface area contributed by atoms with Crippen LogP contribution in [0.2, 0.25) is 0 Å². The highest BCUT2D eigenvalue weighted by molar-refractivity contribution is 5.82. The van der Waals surface area contributed by atoms with Crippen molar-refractivity contribution in [1.29, 1.82) is 0 Å². The van der Waals surface area contributed by atoms with E-state index in [0.717, 1.165) is 36.8 Å². The standard InChI is InChI=1S/C18H27NO/c1-4-17-16(13-19-12-8-7-9-14(2)3)15-10-5-6-11-18(15)20-17/h5-6,10-11,14,19H,4,7-9,12-13H2,1-3H3. The van der Waals surface area contributed by atoms with Gasteiger partial charge in [0, 0.05) is 23.9 Å². The van der Waals surface area contributed by atoms with Crippen molar-refractivity contribution in [2.24, 2.45) is 5.92 Å². The van der Waals surface area contributed by atoms with Gasteiger partial charge in [0.15, 0.2) is 0 Å². The Labute approximate surface area is 122 Å². The van der Waals surface area contributed by atoms with Crippen LogP contribution in [0.25, 0.3) is 11.0 Å². The molecule has 0 saturated carbocycles. The second kappa shape index (κ2) is 7.49. The molecule has 0 fully saturated rings. The lowest BCUT2D eigenvalue weighted by Crippen LogP contribution is -2.15. The number of nitrogens with one attached hydrogen (secondary N) is 1. The lowest BCUT2D eigenvalue weighted by Gasteiger charge is -2.06. The number of furan rings is 1. The lowest BCUT2D eigenvalue weighted by atomic mass is 10.1. The summed E-state index contributed by atoms with van der Waals surface area (Å²) in [7, 11) is 0. The van der Waals surface area contributed by atoms with Crippen LogP contribution in [-0.2, 0) is 13.0 Å². The molecule has 0 atom stereocenters. The maximum absolute atomic E-state index is 5.92. The molecule has 0 aliphatic heterocycles. The first-order valence-corrected chi connectivity index (χ1v) is 7.92. The van der Waals surface area contributed by atoms with Crippen molar-refractivity contribution in [3.63, 3.8) is 0 Å². The molecule has 0 saturated heterocycles. The molecule has 0 spiro atoms. The number of hydrogen-bond acceptors (Lipinski definition) is 2. The summed E-state index contributed by atoms with van der Waals surface area (Å²) >= 11 is 0. The number of fused-ring (bicyclic) bond motifs is 1. The number of benzene rings is 1. The predicted octanol–water partition coefficient (Wildman–Crippen LogP) is 4.91. The summed E-state index contributed by atoms with van der Waals surface area (Å²) in [6, 6.07) is 8.34. The Kier molecular flexibility index (Phi) is 5.66. The zero-order chi connectivity index (χ0) is 14.4. The summed E-state index contributed by atoms with van der Waals surface area (Å²) in [5.74, 6) is 1.94. The molecule has 0 amide bonds. The highest BCUT2D eigenvalue weighted by atomic mass is 16.3. The van der Waals surface area contributed by atoms with Crippen LogP contribution in [0, 0.1) is 5.92 Å². The molecule has 20 heavy (non-hydrogen) atoms. The highest BCUT2D eigenvalue weighted by Crippen LogP contribution is 2.26. The third-order valence-electron chi connectivity index (χ3n) is 3.79. The van der Waals surface area contributed by atoms with Gasteiger partial charge >= 0.3 is 0 Å². The first kappa shape index (κ1) is 15.1. The van der Waals surface area contributed by atoms with Gasteiger partial charge in [-0.2, -0.15) is 0 Å². The van der Waals surface area contributed by atoms with E-state index in [0.29, 0.717) is 0 Å². The molecular formula is C18H27NO. The minimum atomic E-state index is 0.819. The van der Waals surface area contributed by atoms with Gasteiger partial charge in [-0.15, -0.1) is 0 Å². The molecule has 1 N–H and O–H groups in total. The molecule has 0 bridgehead atoms. The maximum atomic E-state index is 5.92. The quantitative estimate of drug-likeness (QED) is 0.691. The topological polar surface area (TPSA) is 25.2 Å². The van der Waals surface area contributed by atoms with E-state index in [-0.39, 0.29) is 0 Å². The molecule has 2 heteroatoms. The molecular weight excluding hydrogens is 246 g/mol. The van der Waals surface area contributed by atoms with Gasteiger partial charge in [-0.25, -0.2) is 0 Å². The van der Waals surface area contributed by atoms with Crippen molar-refractivity contribution >= 4 is 11.0 Å². The van der Waals surface area contributed by atoms with E-state index in [2.05, 4.69) is 44.3 Å². The van der Waals surface area contributed by atoms with Crippen LogP contribution in [0.3, 0.4) is 0 Å². The van der Waals surface area contributed by atoms with Gasteiger partial charge in [-0.3, -0.25) is 0 Å². The summed E-state index contributed by atoms with van der Waals surface area (Å²) in [6.45, 7) is 8.75. The highest BCUT2D eigenvalue weighted by Gasteiger charge is 2.11. The number of rotatable bonds is 8. The largest absolute Gasteiger partial charge is 0.461 e. The van der Waals surface area contributed by atoms with Crippen molar-refractivity contribution in [2.45, 2.75) is 53.0 Å². The Morgan fingerprint density at radius 1 is 1.15 bits per heavy atom. The molecule has 0 aliphatic rings. The van der Waals surface area contributed by atoms with E-state index >= 15 is 0 Å². The molecule has 2 rings (SSSR count). The Morgan fingerprint density at radius 2 is 1.95 bits per heavy atom. The van der Waals surface area contributed by atoms with E-state index < -0.39 is 0 Å². The van der Waals surface area contributed by atoms with Gasteiger partial charge in [0.1, 0.15) is 11.3 Å². The van der Waals surface area contributed by atoms with Crippen molar-refractivity contribution in [2.75, 3.05) is 6.54 Å². The Bertz CT molecular complexity index is 527. The summed E-state index contributed by atoms with van der Waals surface area (Å²) in [5, 5.41) is 4.83. The van der Waals surface area contributed by atoms with Crippen LogP contribution >= 0.6 is 0 Å². The minimum Gasteiger partial charge on any atom is -0.461 e. The lowest BCUT2D eigenvalue weighted by molar-refractivity contribution is 0.515. The molecule has 0 aliphatic carbocycles. The first-order valence-electron chi connectivity index (χ1n) is 7.92. The molecule has 1 aromatic carbocycles. The fourth-order valence-corrected chi connectivity index (χ4v) is 2.64. The normalized spacial score (nSPS) is 11.6. The van der Waals surface area contributed by atoms with Crippen LogP contribution in [0.15, 0.2) is 28.7 Å². The molecule has 0 radical (unpaired) electrons. The number of hydrogen-bond donors (Lipinski definition) is 1. The van der Waals surface area contributed by atoms with E-state index in [4.69, 9.17) is 4.42 Å². The molecule has 110 valence electrons. The van der Waals surface area contributed by atoms with Crippen LogP contribution in [0.1, 0.15) is 51.4 Å². The Balaban J connectivity index is 1.89. The maximum Gasteiger partial charge on any atom is 0.134 e. The van der Waals surface area contributed by atoms with Crippen molar-refractivity contribution in [3.8, 4) is 0 Å². The average molecular weight is 273 g/mol. The predicted molar refractivity (Wildman–Crippen MR) is 86.0 cm³/mol. The van der Waals surface area contributed by atoms with Crippen LogP contribution in [-0.4, -0.2) is 6.54 Å². The fourth-order valence-electron chi connectivity index (χ4n) is 2.64. The average Bonchev–Trinajstić information content (AvgIpc) is 2.80. The summed E-state index contributed by atoms with van der Waals surface area (Å²) in [6.07, 6.45) is 4.86. The van der Waals surface area contributed by atoms with Crippen molar-refractivity contribution < 1.29 is 4.42 Å². The van der Waals surface area contributed by atoms with Crippen molar-refractivity contribution in [1.82, 2.24) is 5.32 Å². The number of aryl methyl sites for hydroxylation is 1. The second-order valence-corrected chi connectivity index (χ2v) is 5.92. The van der Waals surface area contributed by atoms with Gasteiger partial charge < -0.3 is 9.73 Å². The van der Waals surface area contributed by atoms with Crippen LogP contribution in [0.5, 0.6) is 0 Å². The minimum absolute atomic E-state index is 0.819. The molecule has 1 aromatic heterocycles. The smallest absolute Gasteiger partial charge is 0.134 e. The third-order valence-corrected chi connectivity index (χ3v) is 3.79. The van der Waals surface area contributed by atoms with Gasteiger partial charge in [-0.1, -0.05) is 51.8 Å².